The predicted molar refractivity (Wildman–Crippen MR) is 99.1 cm³/mol. The van der Waals surface area contributed by atoms with E-state index in [4.69, 9.17) is 4.42 Å². The summed E-state index contributed by atoms with van der Waals surface area (Å²) in [6.07, 6.45) is 2.19. The maximum Gasteiger partial charge on any atom is 0.134 e. The molecule has 0 radical (unpaired) electrons. The number of benzene rings is 2. The Labute approximate surface area is 138 Å². The first-order valence-corrected chi connectivity index (χ1v) is 9.38. The van der Waals surface area contributed by atoms with Gasteiger partial charge in [-0.2, -0.15) is 0 Å². The standard InChI is InChI=1S/C21H18OSi/c1-15-13-20-19(14-16(2)22-20)21(15)23(17-9-5-3-6-10-17)18-11-7-4-8-12-18/h3-14H,1-2H3. The molecule has 0 spiro atoms. The molecular weight excluding hydrogens is 296 g/mol. The van der Waals surface area contributed by atoms with Crippen LogP contribution in [0.25, 0.3) is 6.08 Å². The molecule has 0 bridgehead atoms. The van der Waals surface area contributed by atoms with Crippen LogP contribution in [0.1, 0.15) is 24.0 Å². The van der Waals surface area contributed by atoms with Gasteiger partial charge in [-0.15, -0.1) is 0 Å². The van der Waals surface area contributed by atoms with Crippen molar-refractivity contribution in [3.05, 3.63) is 89.4 Å². The number of furan rings is 1. The molecule has 3 aromatic rings. The van der Waals surface area contributed by atoms with Crippen LogP contribution >= 0.6 is 0 Å². The van der Waals surface area contributed by atoms with Gasteiger partial charge in [0.05, 0.1) is 8.41 Å². The molecule has 2 heteroatoms. The smallest absolute Gasteiger partial charge is 0.134 e. The van der Waals surface area contributed by atoms with Gasteiger partial charge in [0.25, 0.3) is 0 Å². The molecule has 0 saturated heterocycles. The van der Waals surface area contributed by atoms with Crippen LogP contribution in [-0.2, 0) is 0 Å². The zero-order valence-corrected chi connectivity index (χ0v) is 14.3. The normalized spacial score (nSPS) is 13.0. The molecule has 2 aromatic carbocycles. The zero-order chi connectivity index (χ0) is 15.8. The van der Waals surface area contributed by atoms with E-state index in [1.54, 1.807) is 0 Å². The van der Waals surface area contributed by atoms with Gasteiger partial charge in [-0.05, 0) is 47.1 Å². The van der Waals surface area contributed by atoms with Crippen LogP contribution in [0.5, 0.6) is 0 Å². The Balaban J connectivity index is 2.05. The van der Waals surface area contributed by atoms with Crippen LogP contribution < -0.4 is 10.4 Å². The fourth-order valence-corrected chi connectivity index (χ4v) is 6.21. The van der Waals surface area contributed by atoms with Gasteiger partial charge in [-0.3, -0.25) is 0 Å². The van der Waals surface area contributed by atoms with Gasteiger partial charge in [0.2, 0.25) is 0 Å². The molecule has 0 fully saturated rings. The van der Waals surface area contributed by atoms with E-state index in [2.05, 4.69) is 79.7 Å². The lowest BCUT2D eigenvalue weighted by Gasteiger charge is -2.13. The van der Waals surface area contributed by atoms with Crippen molar-refractivity contribution < 1.29 is 4.42 Å². The summed E-state index contributed by atoms with van der Waals surface area (Å²) in [7, 11) is -1.04. The molecule has 112 valence electrons. The molecule has 0 unspecified atom stereocenters. The molecule has 4 rings (SSSR count). The summed E-state index contributed by atoms with van der Waals surface area (Å²) in [6, 6.07) is 23.9. The van der Waals surface area contributed by atoms with Crippen LogP contribution in [0.3, 0.4) is 0 Å². The van der Waals surface area contributed by atoms with E-state index in [1.807, 2.05) is 6.92 Å². The SMILES string of the molecule is CC1=Cc2oc(C)cc2C1=[Si](c1ccccc1)c1ccccc1. The third-order valence-electron chi connectivity index (χ3n) is 4.27. The van der Waals surface area contributed by atoms with Crippen molar-refractivity contribution in [3.8, 4) is 0 Å². The molecule has 0 aliphatic heterocycles. The molecule has 1 heterocycles. The van der Waals surface area contributed by atoms with Crippen molar-refractivity contribution >= 4 is 30.0 Å². The minimum absolute atomic E-state index is 0.985. The molecule has 0 saturated carbocycles. The number of aryl methyl sites for hydroxylation is 1. The summed E-state index contributed by atoms with van der Waals surface area (Å²) >= 11 is 0. The van der Waals surface area contributed by atoms with Crippen LogP contribution in [0.4, 0.5) is 0 Å². The van der Waals surface area contributed by atoms with Gasteiger partial charge in [-0.1, -0.05) is 60.7 Å². The van der Waals surface area contributed by atoms with Crippen LogP contribution in [0.2, 0.25) is 0 Å². The molecule has 1 nitrogen and oxygen atoms in total. The number of fused-ring (bicyclic) bond motifs is 1. The van der Waals surface area contributed by atoms with Gasteiger partial charge in [0.15, 0.2) is 0 Å². The van der Waals surface area contributed by atoms with E-state index in [0.717, 1.165) is 11.5 Å². The summed E-state index contributed by atoms with van der Waals surface area (Å²) in [4.78, 5) is 0. The first-order valence-electron chi connectivity index (χ1n) is 7.88. The van der Waals surface area contributed by atoms with E-state index in [1.165, 1.54) is 26.7 Å². The molecule has 0 N–H and O–H groups in total. The Morgan fingerprint density at radius 1 is 0.783 bits per heavy atom. The Kier molecular flexibility index (Phi) is 3.47. The molecule has 1 aliphatic carbocycles. The summed E-state index contributed by atoms with van der Waals surface area (Å²) in [6.45, 7) is 4.23. The monoisotopic (exact) mass is 314 g/mol. The highest BCUT2D eigenvalue weighted by molar-refractivity contribution is 6.95. The van der Waals surface area contributed by atoms with E-state index in [9.17, 15) is 0 Å². The lowest BCUT2D eigenvalue weighted by molar-refractivity contribution is 0.525. The van der Waals surface area contributed by atoms with Gasteiger partial charge < -0.3 is 4.42 Å². The fraction of sp³-hybridized carbons (Fsp3) is 0.0952. The number of hydrogen-bond donors (Lipinski definition) is 0. The minimum Gasteiger partial charge on any atom is -0.461 e. The van der Waals surface area contributed by atoms with E-state index in [0.29, 0.717) is 0 Å². The Hall–Kier alpha value is -2.45. The molecular formula is C21H18OSi. The van der Waals surface area contributed by atoms with Crippen molar-refractivity contribution in [2.45, 2.75) is 13.8 Å². The van der Waals surface area contributed by atoms with Crippen molar-refractivity contribution in [1.82, 2.24) is 0 Å². The third kappa shape index (κ3) is 2.45. The summed E-state index contributed by atoms with van der Waals surface area (Å²) < 4.78 is 5.87. The average molecular weight is 314 g/mol. The highest BCUT2D eigenvalue weighted by atomic mass is 28.2. The van der Waals surface area contributed by atoms with Crippen molar-refractivity contribution in [1.29, 1.82) is 0 Å². The molecule has 1 aromatic heterocycles. The number of rotatable bonds is 2. The number of hydrogen-bond acceptors (Lipinski definition) is 1. The van der Waals surface area contributed by atoms with Gasteiger partial charge in [0, 0.05) is 5.56 Å². The topological polar surface area (TPSA) is 13.1 Å². The largest absolute Gasteiger partial charge is 0.461 e. The highest BCUT2D eigenvalue weighted by Crippen LogP contribution is 2.28. The summed E-state index contributed by atoms with van der Waals surface area (Å²) in [5, 5.41) is 4.29. The van der Waals surface area contributed by atoms with Gasteiger partial charge >= 0.3 is 0 Å². The second kappa shape index (κ2) is 5.63. The second-order valence-electron chi connectivity index (χ2n) is 5.94. The van der Waals surface area contributed by atoms with Gasteiger partial charge in [-0.25, -0.2) is 0 Å². The first-order chi connectivity index (χ1) is 11.2. The lowest BCUT2D eigenvalue weighted by Crippen LogP contribution is -2.40. The lowest BCUT2D eigenvalue weighted by atomic mass is 10.2. The van der Waals surface area contributed by atoms with Crippen molar-refractivity contribution in [2.75, 3.05) is 0 Å². The van der Waals surface area contributed by atoms with E-state index < -0.39 is 8.41 Å². The summed E-state index contributed by atoms with van der Waals surface area (Å²) in [5.41, 5.74) is 2.61. The van der Waals surface area contributed by atoms with Crippen molar-refractivity contribution in [2.24, 2.45) is 0 Å². The maximum absolute atomic E-state index is 5.87. The predicted octanol–water partition coefficient (Wildman–Crippen LogP) is 3.42. The molecule has 0 atom stereocenters. The molecule has 23 heavy (non-hydrogen) atoms. The van der Waals surface area contributed by atoms with E-state index in [-0.39, 0.29) is 0 Å². The Bertz CT molecular complexity index is 873. The van der Waals surface area contributed by atoms with Crippen LogP contribution in [0, 0.1) is 6.92 Å². The molecule has 1 aliphatic rings. The average Bonchev–Trinajstić information content (AvgIpc) is 3.06. The Morgan fingerprint density at radius 2 is 1.35 bits per heavy atom. The number of allylic oxidation sites excluding steroid dienone is 1. The highest BCUT2D eigenvalue weighted by Gasteiger charge is 2.25. The second-order valence-corrected chi connectivity index (χ2v) is 8.35. The maximum atomic E-state index is 5.87. The van der Waals surface area contributed by atoms with E-state index >= 15 is 0 Å². The minimum atomic E-state index is -1.04. The third-order valence-corrected chi connectivity index (χ3v) is 7.26. The Morgan fingerprint density at radius 3 is 1.91 bits per heavy atom. The first kappa shape index (κ1) is 14.2. The fourth-order valence-electron chi connectivity index (χ4n) is 3.31. The van der Waals surface area contributed by atoms with Crippen LogP contribution in [-0.4, -0.2) is 13.6 Å². The quantitative estimate of drug-likeness (QED) is 0.661. The molecule has 0 amide bonds. The van der Waals surface area contributed by atoms with Crippen molar-refractivity contribution in [3.63, 3.8) is 0 Å². The summed E-state index contributed by atoms with van der Waals surface area (Å²) in [5.74, 6) is 2.00. The zero-order valence-electron chi connectivity index (χ0n) is 13.3. The van der Waals surface area contributed by atoms with Gasteiger partial charge in [0.1, 0.15) is 11.5 Å². The van der Waals surface area contributed by atoms with Crippen LogP contribution in [0.15, 0.2) is 76.7 Å².